The van der Waals surface area contributed by atoms with Gasteiger partial charge in [0.15, 0.2) is 0 Å². The molecular formula is C38H31ClN2O6S. The van der Waals surface area contributed by atoms with Gasteiger partial charge in [0, 0.05) is 21.4 Å². The molecule has 0 spiro atoms. The number of phenols is 1. The third-order valence-corrected chi connectivity index (χ3v) is 11.8. The summed E-state index contributed by atoms with van der Waals surface area (Å²) in [6.07, 6.45) is 2.46. The van der Waals surface area contributed by atoms with Crippen LogP contribution in [0.1, 0.15) is 34.8 Å². The van der Waals surface area contributed by atoms with E-state index in [9.17, 15) is 19.5 Å². The maximum absolute atomic E-state index is 15.3. The molecule has 3 heterocycles. The van der Waals surface area contributed by atoms with E-state index in [0.717, 1.165) is 10.5 Å². The Hall–Kier alpha value is -4.73. The molecule has 8 rings (SSSR count). The molecule has 0 unspecified atom stereocenters. The maximum Gasteiger partial charge on any atom is 0.246 e. The van der Waals surface area contributed by atoms with E-state index in [1.807, 2.05) is 53.9 Å². The summed E-state index contributed by atoms with van der Waals surface area (Å²) in [7, 11) is 1.52. The first-order valence-electron chi connectivity index (χ1n) is 15.9. The summed E-state index contributed by atoms with van der Waals surface area (Å²) in [6.45, 7) is 0.196. The first-order valence-corrected chi connectivity index (χ1v) is 17.1. The average Bonchev–Trinajstić information content (AvgIpc) is 3.76. The molecule has 4 aromatic rings. The van der Waals surface area contributed by atoms with Crippen LogP contribution in [0.5, 0.6) is 11.5 Å². The van der Waals surface area contributed by atoms with Gasteiger partial charge in [-0.05, 0) is 72.2 Å². The van der Waals surface area contributed by atoms with Crippen molar-refractivity contribution in [3.05, 3.63) is 123 Å². The SMILES string of the molecule is COc1ccc(O)c([C@H]2C3=CC[C@@H]4C(=O)N(Cc5cccs5)C(=O)[C@@H]4[C@@H]3C[C@H]3C(=O)N(c4cccc(Cl)c4)C(=O)[C@@]23c2ccccc2)c1. The molecule has 3 aromatic carbocycles. The fourth-order valence-electron chi connectivity index (χ4n) is 8.76. The minimum Gasteiger partial charge on any atom is -0.508 e. The number of anilines is 1. The third-order valence-electron chi connectivity index (χ3n) is 10.7. The van der Waals surface area contributed by atoms with E-state index < -0.39 is 46.8 Å². The van der Waals surface area contributed by atoms with Crippen molar-refractivity contribution in [1.29, 1.82) is 0 Å². The van der Waals surface area contributed by atoms with Gasteiger partial charge in [0.05, 0.1) is 42.5 Å². The molecule has 4 amide bonds. The molecule has 242 valence electrons. The Labute approximate surface area is 286 Å². The third kappa shape index (κ3) is 4.33. The summed E-state index contributed by atoms with van der Waals surface area (Å²) < 4.78 is 5.59. The highest BCUT2D eigenvalue weighted by atomic mass is 35.5. The monoisotopic (exact) mass is 678 g/mol. The zero-order valence-electron chi connectivity index (χ0n) is 25.9. The van der Waals surface area contributed by atoms with Crippen LogP contribution in [0.25, 0.3) is 0 Å². The van der Waals surface area contributed by atoms with Crippen LogP contribution in [-0.2, 0) is 31.1 Å². The number of hydrogen-bond acceptors (Lipinski definition) is 7. The van der Waals surface area contributed by atoms with Gasteiger partial charge in [-0.15, -0.1) is 11.3 Å². The van der Waals surface area contributed by atoms with Crippen molar-refractivity contribution >= 4 is 52.3 Å². The molecule has 1 saturated carbocycles. The Morgan fingerprint density at radius 1 is 0.917 bits per heavy atom. The van der Waals surface area contributed by atoms with Crippen molar-refractivity contribution < 1.29 is 29.0 Å². The summed E-state index contributed by atoms with van der Waals surface area (Å²) in [5.74, 6) is -4.50. The lowest BCUT2D eigenvalue weighted by molar-refractivity contribution is -0.141. The van der Waals surface area contributed by atoms with Crippen molar-refractivity contribution in [3.8, 4) is 11.5 Å². The van der Waals surface area contributed by atoms with Gasteiger partial charge in [-0.2, -0.15) is 0 Å². The van der Waals surface area contributed by atoms with Crippen LogP contribution in [0.4, 0.5) is 5.69 Å². The standard InChI is InChI=1S/C38H31ClN2O6S/c1-47-24-12-15-31(42)29(18-24)33-26-13-14-27-32(36(45)40(34(27)43)20-25-11-6-16-48-25)28(26)19-30-35(44)41(23-10-5-9-22(39)17-23)37(46)38(30,33)21-7-3-2-4-8-21/h2-13,15-18,27-28,30,32-33,42H,14,19-20H2,1H3/t27-,28+,30-,32-,33+,38+/m0/s1. The van der Waals surface area contributed by atoms with Crippen LogP contribution in [-0.4, -0.2) is 40.7 Å². The number of rotatable bonds is 6. The minimum atomic E-state index is -1.48. The molecule has 2 aliphatic heterocycles. The molecule has 48 heavy (non-hydrogen) atoms. The number of imide groups is 2. The van der Waals surface area contributed by atoms with Gasteiger partial charge in [0.25, 0.3) is 0 Å². The number of amides is 4. The van der Waals surface area contributed by atoms with Crippen molar-refractivity contribution in [3.63, 3.8) is 0 Å². The average molecular weight is 679 g/mol. The second-order valence-electron chi connectivity index (χ2n) is 12.9. The highest BCUT2D eigenvalue weighted by molar-refractivity contribution is 7.09. The number of allylic oxidation sites excluding steroid dienone is 2. The van der Waals surface area contributed by atoms with Crippen LogP contribution in [0.3, 0.4) is 0 Å². The van der Waals surface area contributed by atoms with E-state index in [2.05, 4.69) is 0 Å². The normalized spacial score (nSPS) is 27.9. The Balaban J connectivity index is 1.36. The van der Waals surface area contributed by atoms with E-state index in [0.29, 0.717) is 34.0 Å². The molecule has 0 radical (unpaired) electrons. The summed E-state index contributed by atoms with van der Waals surface area (Å²) in [5, 5.41) is 13.8. The number of methoxy groups -OCH3 is 1. The van der Waals surface area contributed by atoms with Crippen molar-refractivity contribution in [1.82, 2.24) is 4.90 Å². The topological polar surface area (TPSA) is 104 Å². The number of likely N-dealkylation sites (tertiary alicyclic amines) is 1. The number of hydrogen-bond donors (Lipinski definition) is 1. The molecule has 0 bridgehead atoms. The van der Waals surface area contributed by atoms with Gasteiger partial charge in [-0.1, -0.05) is 65.7 Å². The highest BCUT2D eigenvalue weighted by Crippen LogP contribution is 2.65. The van der Waals surface area contributed by atoms with Crippen LogP contribution >= 0.6 is 22.9 Å². The molecule has 6 atom stereocenters. The molecule has 2 aliphatic carbocycles. The Morgan fingerprint density at radius 2 is 1.73 bits per heavy atom. The fourth-order valence-corrected chi connectivity index (χ4v) is 9.64. The predicted molar refractivity (Wildman–Crippen MR) is 181 cm³/mol. The van der Waals surface area contributed by atoms with E-state index in [1.54, 1.807) is 36.4 Å². The zero-order chi connectivity index (χ0) is 33.3. The van der Waals surface area contributed by atoms with E-state index in [1.165, 1.54) is 34.3 Å². The smallest absolute Gasteiger partial charge is 0.246 e. The van der Waals surface area contributed by atoms with Gasteiger partial charge >= 0.3 is 0 Å². The number of thiophene rings is 1. The van der Waals surface area contributed by atoms with Gasteiger partial charge in [-0.3, -0.25) is 24.1 Å². The van der Waals surface area contributed by atoms with E-state index in [-0.39, 0.29) is 30.5 Å². The number of aromatic hydroxyl groups is 1. The summed E-state index contributed by atoms with van der Waals surface area (Å²) in [5.41, 5.74) is 0.675. The quantitative estimate of drug-likeness (QED) is 0.185. The Kier molecular flexibility index (Phi) is 7.30. The number of halogens is 1. The molecule has 1 N–H and O–H groups in total. The summed E-state index contributed by atoms with van der Waals surface area (Å²) in [6, 6.07) is 24.5. The second-order valence-corrected chi connectivity index (χ2v) is 14.3. The maximum atomic E-state index is 15.3. The number of benzene rings is 3. The number of phenolic OH excluding ortho intramolecular Hbond substituents is 1. The number of nitrogens with zero attached hydrogens (tertiary/aromatic N) is 2. The van der Waals surface area contributed by atoms with E-state index >= 15 is 4.79 Å². The molecule has 2 saturated heterocycles. The molecule has 1 aromatic heterocycles. The van der Waals surface area contributed by atoms with Crippen LogP contribution in [0.15, 0.2) is 102 Å². The van der Waals surface area contributed by atoms with Gasteiger partial charge in [0.1, 0.15) is 11.5 Å². The van der Waals surface area contributed by atoms with Crippen molar-refractivity contribution in [2.75, 3.05) is 12.0 Å². The van der Waals surface area contributed by atoms with Gasteiger partial charge in [-0.25, -0.2) is 4.90 Å². The fraction of sp³-hybridized carbons (Fsp3) is 0.263. The summed E-state index contributed by atoms with van der Waals surface area (Å²) >= 11 is 7.86. The second kappa shape index (κ2) is 11.5. The number of carbonyl (C=O) groups is 4. The molecule has 3 fully saturated rings. The Morgan fingerprint density at radius 3 is 2.46 bits per heavy atom. The first kappa shape index (κ1) is 30.6. The largest absolute Gasteiger partial charge is 0.508 e. The lowest BCUT2D eigenvalue weighted by Gasteiger charge is -2.50. The number of fused-ring (bicyclic) bond motifs is 4. The molecular weight excluding hydrogens is 648 g/mol. The lowest BCUT2D eigenvalue weighted by atomic mass is 9.49. The molecule has 8 nitrogen and oxygen atoms in total. The Bertz CT molecular complexity index is 2010. The number of carbonyl (C=O) groups excluding carboxylic acids is 4. The van der Waals surface area contributed by atoms with Gasteiger partial charge in [0.2, 0.25) is 23.6 Å². The minimum absolute atomic E-state index is 0.0619. The van der Waals surface area contributed by atoms with Crippen LogP contribution < -0.4 is 9.64 Å². The predicted octanol–water partition coefficient (Wildman–Crippen LogP) is 6.48. The summed E-state index contributed by atoms with van der Waals surface area (Å²) in [4.78, 5) is 61.7. The van der Waals surface area contributed by atoms with Crippen molar-refractivity contribution in [2.24, 2.45) is 23.7 Å². The first-order chi connectivity index (χ1) is 23.2. The highest BCUT2D eigenvalue weighted by Gasteiger charge is 2.70. The van der Waals surface area contributed by atoms with Crippen molar-refractivity contribution in [2.45, 2.75) is 30.7 Å². The lowest BCUT2D eigenvalue weighted by Crippen LogP contribution is -2.53. The molecule has 10 heteroatoms. The van der Waals surface area contributed by atoms with E-state index in [4.69, 9.17) is 16.3 Å². The van der Waals surface area contributed by atoms with Crippen LogP contribution in [0.2, 0.25) is 5.02 Å². The number of ether oxygens (including phenoxy) is 1. The zero-order valence-corrected chi connectivity index (χ0v) is 27.5. The molecule has 4 aliphatic rings. The van der Waals surface area contributed by atoms with Crippen LogP contribution in [0, 0.1) is 23.7 Å². The van der Waals surface area contributed by atoms with Gasteiger partial charge < -0.3 is 9.84 Å².